The van der Waals surface area contributed by atoms with Crippen LogP contribution in [0.4, 0.5) is 0 Å². The van der Waals surface area contributed by atoms with Gasteiger partial charge in [-0.3, -0.25) is 4.79 Å². The van der Waals surface area contributed by atoms with Crippen molar-refractivity contribution < 1.29 is 14.3 Å². The SMILES string of the molecule is CCC(NC(=O)Cc1csc(-c2ccc(OC)c(OC)c2)n1)c1ncc(-c2ccccc2)[nH]1. The van der Waals surface area contributed by atoms with Crippen LogP contribution >= 0.6 is 11.3 Å². The van der Waals surface area contributed by atoms with Crippen molar-refractivity contribution in [1.82, 2.24) is 20.3 Å². The fourth-order valence-corrected chi connectivity index (χ4v) is 4.36. The van der Waals surface area contributed by atoms with Crippen LogP contribution in [0.3, 0.4) is 0 Å². The van der Waals surface area contributed by atoms with E-state index in [1.807, 2.05) is 60.8 Å². The number of imidazole rings is 1. The average molecular weight is 463 g/mol. The third-order valence-electron chi connectivity index (χ3n) is 5.28. The van der Waals surface area contributed by atoms with Gasteiger partial charge in [0.1, 0.15) is 10.8 Å². The maximum absolute atomic E-state index is 12.7. The molecule has 4 rings (SSSR count). The number of nitrogens with one attached hydrogen (secondary N) is 2. The van der Waals surface area contributed by atoms with E-state index >= 15 is 0 Å². The van der Waals surface area contributed by atoms with E-state index in [1.165, 1.54) is 11.3 Å². The van der Waals surface area contributed by atoms with Gasteiger partial charge < -0.3 is 19.8 Å². The van der Waals surface area contributed by atoms with Gasteiger partial charge in [-0.25, -0.2) is 9.97 Å². The highest BCUT2D eigenvalue weighted by Gasteiger charge is 2.18. The number of nitrogens with zero attached hydrogens (tertiary/aromatic N) is 2. The number of hydrogen-bond donors (Lipinski definition) is 2. The molecule has 1 amide bonds. The molecule has 0 aliphatic heterocycles. The second kappa shape index (κ2) is 10.3. The molecule has 2 aromatic carbocycles. The first-order valence-electron chi connectivity index (χ1n) is 10.7. The van der Waals surface area contributed by atoms with E-state index in [0.29, 0.717) is 11.5 Å². The van der Waals surface area contributed by atoms with Crippen LogP contribution < -0.4 is 14.8 Å². The molecular weight excluding hydrogens is 436 g/mol. The van der Waals surface area contributed by atoms with E-state index in [0.717, 1.165) is 39.8 Å². The van der Waals surface area contributed by atoms with Crippen molar-refractivity contribution >= 4 is 17.2 Å². The summed E-state index contributed by atoms with van der Waals surface area (Å²) in [5.74, 6) is 1.96. The lowest BCUT2D eigenvalue weighted by Crippen LogP contribution is -2.30. The van der Waals surface area contributed by atoms with Crippen LogP contribution in [0.5, 0.6) is 11.5 Å². The van der Waals surface area contributed by atoms with Gasteiger partial charge in [-0.05, 0) is 30.2 Å². The lowest BCUT2D eigenvalue weighted by Gasteiger charge is -2.14. The van der Waals surface area contributed by atoms with Crippen molar-refractivity contribution in [2.75, 3.05) is 14.2 Å². The zero-order valence-electron chi connectivity index (χ0n) is 18.8. The summed E-state index contributed by atoms with van der Waals surface area (Å²) < 4.78 is 10.7. The summed E-state index contributed by atoms with van der Waals surface area (Å²) in [5, 5.41) is 5.81. The van der Waals surface area contributed by atoms with Gasteiger partial charge >= 0.3 is 0 Å². The van der Waals surface area contributed by atoms with E-state index in [-0.39, 0.29) is 18.4 Å². The van der Waals surface area contributed by atoms with Crippen LogP contribution in [0, 0.1) is 0 Å². The minimum Gasteiger partial charge on any atom is -0.493 e. The Balaban J connectivity index is 1.42. The number of thiazole rings is 1. The number of aromatic nitrogens is 3. The van der Waals surface area contributed by atoms with E-state index in [1.54, 1.807) is 20.4 Å². The van der Waals surface area contributed by atoms with Gasteiger partial charge in [-0.15, -0.1) is 11.3 Å². The Morgan fingerprint density at radius 2 is 1.88 bits per heavy atom. The summed E-state index contributed by atoms with van der Waals surface area (Å²) >= 11 is 1.49. The number of amides is 1. The van der Waals surface area contributed by atoms with Gasteiger partial charge in [0.2, 0.25) is 5.91 Å². The molecule has 2 heterocycles. The van der Waals surface area contributed by atoms with Crippen LogP contribution in [-0.4, -0.2) is 35.1 Å². The maximum Gasteiger partial charge on any atom is 0.226 e. The summed E-state index contributed by atoms with van der Waals surface area (Å²) in [7, 11) is 3.21. The van der Waals surface area contributed by atoms with Gasteiger partial charge in [-0.2, -0.15) is 0 Å². The largest absolute Gasteiger partial charge is 0.493 e. The number of rotatable bonds is 9. The molecule has 170 valence electrons. The van der Waals surface area contributed by atoms with Crippen molar-refractivity contribution in [3.05, 3.63) is 71.6 Å². The molecule has 7 nitrogen and oxygen atoms in total. The van der Waals surface area contributed by atoms with Gasteiger partial charge in [0, 0.05) is 10.9 Å². The molecule has 0 saturated carbocycles. The number of methoxy groups -OCH3 is 2. The van der Waals surface area contributed by atoms with Gasteiger partial charge in [0.05, 0.1) is 44.3 Å². The van der Waals surface area contributed by atoms with E-state index in [4.69, 9.17) is 9.47 Å². The quantitative estimate of drug-likeness (QED) is 0.364. The molecule has 4 aromatic rings. The second-order valence-corrected chi connectivity index (χ2v) is 8.33. The zero-order chi connectivity index (χ0) is 23.2. The molecule has 0 aliphatic carbocycles. The molecular formula is C25H26N4O3S. The van der Waals surface area contributed by atoms with Gasteiger partial charge in [0.15, 0.2) is 11.5 Å². The van der Waals surface area contributed by atoms with Crippen LogP contribution in [0.15, 0.2) is 60.1 Å². The van der Waals surface area contributed by atoms with Crippen molar-refractivity contribution in [3.63, 3.8) is 0 Å². The van der Waals surface area contributed by atoms with Gasteiger partial charge in [0.25, 0.3) is 0 Å². The average Bonchev–Trinajstić information content (AvgIpc) is 3.53. The third kappa shape index (κ3) is 5.23. The Labute approximate surface area is 196 Å². The lowest BCUT2D eigenvalue weighted by molar-refractivity contribution is -0.121. The Kier molecular flexibility index (Phi) is 7.04. The second-order valence-electron chi connectivity index (χ2n) is 7.47. The maximum atomic E-state index is 12.7. The zero-order valence-corrected chi connectivity index (χ0v) is 19.6. The molecule has 0 radical (unpaired) electrons. The Bertz CT molecular complexity index is 1220. The number of carbonyl (C=O) groups excluding carboxylic acids is 1. The number of carbonyl (C=O) groups is 1. The van der Waals surface area contributed by atoms with E-state index in [9.17, 15) is 4.79 Å². The molecule has 1 unspecified atom stereocenters. The summed E-state index contributed by atoms with van der Waals surface area (Å²) in [6.45, 7) is 2.02. The first-order chi connectivity index (χ1) is 16.1. The fourth-order valence-electron chi connectivity index (χ4n) is 3.54. The molecule has 2 N–H and O–H groups in total. The number of aromatic amines is 1. The molecule has 0 saturated heterocycles. The summed E-state index contributed by atoms with van der Waals surface area (Å²) in [6.07, 6.45) is 2.73. The summed E-state index contributed by atoms with van der Waals surface area (Å²) in [6, 6.07) is 15.5. The Morgan fingerprint density at radius 3 is 2.61 bits per heavy atom. The first-order valence-corrected chi connectivity index (χ1v) is 11.6. The number of benzene rings is 2. The highest BCUT2D eigenvalue weighted by molar-refractivity contribution is 7.13. The standard InChI is InChI=1S/C25H26N4O3S/c1-4-19(24-26-14-20(29-24)16-8-6-5-7-9-16)28-23(30)13-18-15-33-25(27-18)17-10-11-21(31-2)22(12-17)32-3/h5-12,14-15,19H,4,13H2,1-3H3,(H,26,29)(H,28,30). The minimum atomic E-state index is -0.195. The number of ether oxygens (including phenoxy) is 2. The molecule has 1 atom stereocenters. The molecule has 0 spiro atoms. The highest BCUT2D eigenvalue weighted by Crippen LogP contribution is 2.33. The molecule has 0 bridgehead atoms. The molecule has 33 heavy (non-hydrogen) atoms. The van der Waals surface area contributed by atoms with Crippen LogP contribution in [0.25, 0.3) is 21.8 Å². The van der Waals surface area contributed by atoms with Crippen molar-refractivity contribution in [3.8, 4) is 33.3 Å². The Morgan fingerprint density at radius 1 is 1.09 bits per heavy atom. The van der Waals surface area contributed by atoms with Crippen molar-refractivity contribution in [2.45, 2.75) is 25.8 Å². The van der Waals surface area contributed by atoms with Crippen LogP contribution in [-0.2, 0) is 11.2 Å². The molecule has 2 aromatic heterocycles. The van der Waals surface area contributed by atoms with Crippen LogP contribution in [0.1, 0.15) is 30.9 Å². The van der Waals surface area contributed by atoms with Crippen molar-refractivity contribution in [2.24, 2.45) is 0 Å². The highest BCUT2D eigenvalue weighted by atomic mass is 32.1. The topological polar surface area (TPSA) is 89.1 Å². The van der Waals surface area contributed by atoms with E-state index < -0.39 is 0 Å². The first kappa shape index (κ1) is 22.5. The summed E-state index contributed by atoms with van der Waals surface area (Å²) in [5.41, 5.74) is 3.63. The number of H-pyrrole nitrogens is 1. The number of hydrogen-bond acceptors (Lipinski definition) is 6. The third-order valence-corrected chi connectivity index (χ3v) is 6.22. The monoisotopic (exact) mass is 462 g/mol. The molecule has 0 aliphatic rings. The lowest BCUT2D eigenvalue weighted by atomic mass is 10.2. The predicted octanol–water partition coefficient (Wildman–Crippen LogP) is 5.03. The predicted molar refractivity (Wildman–Crippen MR) is 130 cm³/mol. The smallest absolute Gasteiger partial charge is 0.226 e. The van der Waals surface area contributed by atoms with Gasteiger partial charge in [-0.1, -0.05) is 37.3 Å². The summed E-state index contributed by atoms with van der Waals surface area (Å²) in [4.78, 5) is 25.2. The molecule has 8 heteroatoms. The van der Waals surface area contributed by atoms with Crippen LogP contribution in [0.2, 0.25) is 0 Å². The van der Waals surface area contributed by atoms with E-state index in [2.05, 4.69) is 20.3 Å². The van der Waals surface area contributed by atoms with Crippen molar-refractivity contribution in [1.29, 1.82) is 0 Å². The Hall–Kier alpha value is -3.65. The molecule has 0 fully saturated rings. The fraction of sp³-hybridized carbons (Fsp3) is 0.240. The normalized spacial score (nSPS) is 11.7. The minimum absolute atomic E-state index is 0.0938.